The summed E-state index contributed by atoms with van der Waals surface area (Å²) in [7, 11) is 0. The van der Waals surface area contributed by atoms with Crippen LogP contribution in [0, 0.1) is 0 Å². The molecule has 0 radical (unpaired) electrons. The SMILES string of the molecule is C1=C(c2cccc(-c3cccc4c3-c3ccccc3C43c4ccccc4Sc4cc5c(cc43)c3ccccc3n5-c3cccc(-c4nc(-c5ccccc5)nc(-c5ccc(-c6ccccc6)cc5)n4)c3)c2)N=C(n2c3ccccc3c3cc4c(cc32)Sc2ccccc2C42c3ccccc3-c3ccccc32)NC1c1ccccc1. The van der Waals surface area contributed by atoms with E-state index in [1.807, 2.05) is 47.8 Å². The van der Waals surface area contributed by atoms with Gasteiger partial charge in [0.25, 0.3) is 0 Å². The quantitative estimate of drug-likeness (QED) is 0.163. The molecule has 19 aromatic rings. The second-order valence-electron chi connectivity index (χ2n) is 30.3. The van der Waals surface area contributed by atoms with E-state index in [1.54, 1.807) is 0 Å². The van der Waals surface area contributed by atoms with Gasteiger partial charge in [-0.1, -0.05) is 333 Å². The minimum Gasteiger partial charge on any atom is -0.345 e. The van der Waals surface area contributed by atoms with Crippen LogP contribution in [0.3, 0.4) is 0 Å². The molecule has 9 heteroatoms. The first-order chi connectivity index (χ1) is 56.5. The molecule has 6 heterocycles. The zero-order chi connectivity index (χ0) is 74.7. The normalized spacial score (nSPS) is 15.7. The molecule has 0 saturated heterocycles. The lowest BCUT2D eigenvalue weighted by Gasteiger charge is -2.40. The van der Waals surface area contributed by atoms with Crippen molar-refractivity contribution >= 4 is 78.8 Å². The molecule has 24 rings (SSSR count). The van der Waals surface area contributed by atoms with Gasteiger partial charge in [-0.15, -0.1) is 0 Å². The predicted molar refractivity (Wildman–Crippen MR) is 467 cm³/mol. The van der Waals surface area contributed by atoms with Crippen LogP contribution in [-0.4, -0.2) is 30.0 Å². The largest absolute Gasteiger partial charge is 0.345 e. The van der Waals surface area contributed by atoms with Crippen LogP contribution in [0.4, 0.5) is 0 Å². The monoisotopic (exact) mass is 1490 g/mol. The standard InChI is InChI=1S/C105H65N7S2/c1-4-27-64(28-5-1)65-53-55-68(56-54-65)101-108-100(67-31-8-3-9-32-67)109-102(110-101)71-35-25-36-72(58-71)111-91-49-20-13-39-76(91)79-59-88-97(62-93(79)111)114-96-52-23-19-47-85(96)105(88)83-45-17-12-41-78(83)99-73(42-26-48-86(99)105)69-33-24-34-70(57-69)90-61-89(66-29-6-2-7-30-66)106-103(107-90)112-92-50-21-14-40-77(92)80-60-87-98(63-94(80)112)113-95-51-22-18-46-84(95)104(87)81-43-15-10-37-74(81)75-38-11-16-44-82(75)104/h1-63,89H,(H,106,107). The average Bonchev–Trinajstić information content (AvgIpc) is 1.51. The van der Waals surface area contributed by atoms with Crippen molar-refractivity contribution in [3.8, 4) is 84.4 Å². The maximum Gasteiger partial charge on any atom is 0.209 e. The van der Waals surface area contributed by atoms with Crippen LogP contribution in [0.25, 0.3) is 134 Å². The van der Waals surface area contributed by atoms with Gasteiger partial charge in [-0.05, 0) is 167 Å². The van der Waals surface area contributed by atoms with Crippen LogP contribution in [0.5, 0.6) is 0 Å². The van der Waals surface area contributed by atoms with Gasteiger partial charge in [0.05, 0.1) is 44.6 Å². The van der Waals surface area contributed by atoms with Gasteiger partial charge >= 0.3 is 0 Å². The third-order valence-corrected chi connectivity index (χ3v) is 26.6. The van der Waals surface area contributed by atoms with E-state index in [0.29, 0.717) is 17.5 Å². The van der Waals surface area contributed by atoms with Crippen LogP contribution in [0.2, 0.25) is 0 Å². The summed E-state index contributed by atoms with van der Waals surface area (Å²) >= 11 is 3.75. The molecule has 16 aromatic carbocycles. The second-order valence-corrected chi connectivity index (χ2v) is 32.4. The van der Waals surface area contributed by atoms with Crippen LogP contribution >= 0.6 is 23.5 Å². The lowest BCUT2D eigenvalue weighted by Crippen LogP contribution is -2.35. The van der Waals surface area contributed by atoms with E-state index in [4.69, 9.17) is 19.9 Å². The topological polar surface area (TPSA) is 72.9 Å². The van der Waals surface area contributed by atoms with Crippen LogP contribution < -0.4 is 5.32 Å². The van der Waals surface area contributed by atoms with E-state index in [2.05, 4.69) is 372 Å². The Labute approximate surface area is 667 Å². The molecule has 3 aliphatic heterocycles. The Kier molecular flexibility index (Phi) is 14.4. The maximum absolute atomic E-state index is 5.84. The highest BCUT2D eigenvalue weighted by Crippen LogP contribution is 2.66. The van der Waals surface area contributed by atoms with Crippen molar-refractivity contribution < 1.29 is 0 Å². The van der Waals surface area contributed by atoms with Gasteiger partial charge in [-0.3, -0.25) is 4.57 Å². The first-order valence-electron chi connectivity index (χ1n) is 38.9. The van der Waals surface area contributed by atoms with Crippen molar-refractivity contribution in [3.63, 3.8) is 0 Å². The third-order valence-electron chi connectivity index (χ3n) is 24.4. The van der Waals surface area contributed by atoms with E-state index in [1.165, 1.54) is 113 Å². The maximum atomic E-state index is 5.84. The van der Waals surface area contributed by atoms with Crippen LogP contribution in [0.1, 0.15) is 61.7 Å². The Hall–Kier alpha value is -14.0. The van der Waals surface area contributed by atoms with Crippen molar-refractivity contribution in [2.45, 2.75) is 36.5 Å². The van der Waals surface area contributed by atoms with Crippen LogP contribution in [0.15, 0.2) is 407 Å². The van der Waals surface area contributed by atoms with E-state index in [0.717, 1.165) is 83.9 Å². The number of para-hydroxylation sites is 2. The summed E-state index contributed by atoms with van der Waals surface area (Å²) in [5, 5.41) is 8.76. The van der Waals surface area contributed by atoms with Gasteiger partial charge in [0.15, 0.2) is 17.5 Å². The fourth-order valence-corrected chi connectivity index (χ4v) is 22.0. The molecule has 0 bridgehead atoms. The molecule has 2 aliphatic carbocycles. The molecule has 3 aromatic heterocycles. The number of aliphatic imine (C=N–C) groups is 1. The summed E-state index contributed by atoms with van der Waals surface area (Å²) in [6, 6.07) is 138. The van der Waals surface area contributed by atoms with Crippen molar-refractivity contribution in [2.75, 3.05) is 0 Å². The zero-order valence-corrected chi connectivity index (χ0v) is 63.1. The second kappa shape index (κ2) is 25.3. The van der Waals surface area contributed by atoms with Crippen molar-refractivity contribution in [1.82, 2.24) is 29.4 Å². The minimum atomic E-state index is -0.682. The molecule has 0 amide bonds. The molecule has 5 aliphatic rings. The molecule has 114 heavy (non-hydrogen) atoms. The Morgan fingerprint density at radius 3 is 1.34 bits per heavy atom. The molecular formula is C105H65N7S2. The molecule has 0 saturated carbocycles. The number of nitrogens with zero attached hydrogens (tertiary/aromatic N) is 6. The molecule has 532 valence electrons. The fraction of sp³-hybridized carbons (Fsp3) is 0.0286. The summed E-state index contributed by atoms with van der Waals surface area (Å²) in [4.78, 5) is 26.5. The summed E-state index contributed by atoms with van der Waals surface area (Å²) < 4.78 is 4.84. The van der Waals surface area contributed by atoms with Gasteiger partial charge in [0.1, 0.15) is 0 Å². The summed E-state index contributed by atoms with van der Waals surface area (Å²) in [6.45, 7) is 0. The van der Waals surface area contributed by atoms with Crippen molar-refractivity contribution in [1.29, 1.82) is 0 Å². The van der Waals surface area contributed by atoms with E-state index in [-0.39, 0.29) is 6.04 Å². The molecule has 1 N–H and O–H groups in total. The summed E-state index contributed by atoms with van der Waals surface area (Å²) in [5.74, 6) is 2.60. The van der Waals surface area contributed by atoms with Crippen LogP contribution in [-0.2, 0) is 10.8 Å². The molecule has 7 nitrogen and oxygen atoms in total. The Balaban J connectivity index is 0.645. The molecule has 2 unspecified atom stereocenters. The van der Waals surface area contributed by atoms with Gasteiger partial charge in [0, 0.05) is 69.1 Å². The predicted octanol–water partition coefficient (Wildman–Crippen LogP) is 25.7. The summed E-state index contributed by atoms with van der Waals surface area (Å²) in [5.41, 5.74) is 30.1. The lowest BCUT2D eigenvalue weighted by atomic mass is 9.67. The van der Waals surface area contributed by atoms with Gasteiger partial charge in [-0.2, -0.15) is 0 Å². The summed E-state index contributed by atoms with van der Waals surface area (Å²) in [6.07, 6.45) is 2.32. The Morgan fingerprint density at radius 2 is 0.702 bits per heavy atom. The number of hydrogen-bond donors (Lipinski definition) is 1. The minimum absolute atomic E-state index is 0.204. The molecule has 2 atom stereocenters. The Morgan fingerprint density at radius 1 is 0.272 bits per heavy atom. The first kappa shape index (κ1) is 64.8. The Bertz CT molecular complexity index is 7300. The first-order valence-corrected chi connectivity index (χ1v) is 40.6. The number of benzene rings is 16. The van der Waals surface area contributed by atoms with E-state index >= 15 is 0 Å². The number of fused-ring (bicyclic) bond motifs is 24. The number of rotatable bonds is 8. The smallest absolute Gasteiger partial charge is 0.209 e. The van der Waals surface area contributed by atoms with Crippen molar-refractivity contribution in [2.24, 2.45) is 4.99 Å². The molecule has 2 spiro atoms. The number of aromatic nitrogens is 5. The van der Waals surface area contributed by atoms with Gasteiger partial charge in [0.2, 0.25) is 5.96 Å². The van der Waals surface area contributed by atoms with Gasteiger partial charge < -0.3 is 9.88 Å². The third kappa shape index (κ3) is 9.54. The highest BCUT2D eigenvalue weighted by Gasteiger charge is 2.53. The average molecular weight is 1490 g/mol. The molecule has 0 fully saturated rings. The van der Waals surface area contributed by atoms with E-state index < -0.39 is 10.8 Å². The van der Waals surface area contributed by atoms with Gasteiger partial charge in [-0.25, -0.2) is 19.9 Å². The van der Waals surface area contributed by atoms with Crippen molar-refractivity contribution in [3.05, 3.63) is 438 Å². The molecular weight excluding hydrogens is 1420 g/mol. The lowest BCUT2D eigenvalue weighted by molar-refractivity contribution is 0.724. The fourth-order valence-electron chi connectivity index (χ4n) is 19.5. The number of hydrogen-bond acceptors (Lipinski definition) is 7. The zero-order valence-electron chi connectivity index (χ0n) is 61.5. The highest BCUT2D eigenvalue weighted by molar-refractivity contribution is 7.99. The highest BCUT2D eigenvalue weighted by atomic mass is 32.2. The number of nitrogens with one attached hydrogen (secondary N) is 1. The van der Waals surface area contributed by atoms with E-state index in [9.17, 15) is 0 Å².